The van der Waals surface area contributed by atoms with Gasteiger partial charge >= 0.3 is 0 Å². The van der Waals surface area contributed by atoms with Crippen LogP contribution in [0.15, 0.2) is 12.1 Å². The number of rotatable bonds is 8. The summed E-state index contributed by atoms with van der Waals surface area (Å²) in [4.78, 5) is 12.5. The summed E-state index contributed by atoms with van der Waals surface area (Å²) >= 11 is 0. The van der Waals surface area contributed by atoms with Gasteiger partial charge in [-0.05, 0) is 56.4 Å². The maximum absolute atomic E-state index is 12.5. The lowest BCUT2D eigenvalue weighted by Crippen LogP contribution is -2.41. The second-order valence-corrected chi connectivity index (χ2v) is 6.78. The SMILES string of the molecule is CCC[C@@](C)(OC)C(=O)Nc1cc(C)c(OCC(C)C)c(C)c1. The van der Waals surface area contributed by atoms with E-state index in [4.69, 9.17) is 9.47 Å². The Labute approximate surface area is 140 Å². The summed E-state index contributed by atoms with van der Waals surface area (Å²) in [5.74, 6) is 1.26. The van der Waals surface area contributed by atoms with Gasteiger partial charge in [-0.15, -0.1) is 0 Å². The maximum atomic E-state index is 12.5. The molecule has 4 heteroatoms. The Hall–Kier alpha value is -1.55. The fourth-order valence-corrected chi connectivity index (χ4v) is 2.55. The lowest BCUT2D eigenvalue weighted by Gasteiger charge is -2.26. The number of hydrogen-bond donors (Lipinski definition) is 1. The van der Waals surface area contributed by atoms with Gasteiger partial charge in [0.25, 0.3) is 5.91 Å². The molecule has 0 unspecified atom stereocenters. The van der Waals surface area contributed by atoms with Crippen LogP contribution in [0.4, 0.5) is 5.69 Å². The quantitative estimate of drug-likeness (QED) is 0.768. The summed E-state index contributed by atoms with van der Waals surface area (Å²) in [5.41, 5.74) is 2.02. The zero-order valence-corrected chi connectivity index (χ0v) is 15.6. The number of ether oxygens (including phenoxy) is 2. The number of methoxy groups -OCH3 is 1. The van der Waals surface area contributed by atoms with Crippen LogP contribution in [-0.4, -0.2) is 25.2 Å². The molecule has 0 aliphatic carbocycles. The predicted molar refractivity (Wildman–Crippen MR) is 95.2 cm³/mol. The number of nitrogens with one attached hydrogen (secondary N) is 1. The summed E-state index contributed by atoms with van der Waals surface area (Å²) in [6.45, 7) is 12.8. The van der Waals surface area contributed by atoms with E-state index >= 15 is 0 Å². The normalized spacial score (nSPS) is 13.7. The van der Waals surface area contributed by atoms with Crippen molar-refractivity contribution < 1.29 is 14.3 Å². The first-order chi connectivity index (χ1) is 10.7. The fourth-order valence-electron chi connectivity index (χ4n) is 2.55. The monoisotopic (exact) mass is 321 g/mol. The lowest BCUT2D eigenvalue weighted by molar-refractivity contribution is -0.136. The van der Waals surface area contributed by atoms with Crippen molar-refractivity contribution in [2.75, 3.05) is 19.0 Å². The number of amides is 1. The minimum absolute atomic E-state index is 0.114. The number of hydrogen-bond acceptors (Lipinski definition) is 3. The smallest absolute Gasteiger partial charge is 0.256 e. The number of carbonyl (C=O) groups excluding carboxylic acids is 1. The van der Waals surface area contributed by atoms with Crippen LogP contribution in [-0.2, 0) is 9.53 Å². The van der Waals surface area contributed by atoms with Gasteiger partial charge in [0, 0.05) is 12.8 Å². The highest BCUT2D eigenvalue weighted by molar-refractivity contribution is 5.97. The van der Waals surface area contributed by atoms with Crippen LogP contribution in [0.1, 0.15) is 51.7 Å². The van der Waals surface area contributed by atoms with Gasteiger partial charge in [0.1, 0.15) is 11.4 Å². The van der Waals surface area contributed by atoms with Gasteiger partial charge in [-0.3, -0.25) is 4.79 Å². The molecule has 4 nitrogen and oxygen atoms in total. The van der Waals surface area contributed by atoms with E-state index in [2.05, 4.69) is 19.2 Å². The van der Waals surface area contributed by atoms with Gasteiger partial charge in [0.05, 0.1) is 6.61 Å². The van der Waals surface area contributed by atoms with E-state index in [1.54, 1.807) is 7.11 Å². The molecule has 1 rings (SSSR count). The van der Waals surface area contributed by atoms with Crippen LogP contribution in [0.2, 0.25) is 0 Å². The third-order valence-electron chi connectivity index (χ3n) is 3.94. The largest absolute Gasteiger partial charge is 0.493 e. The van der Waals surface area contributed by atoms with Crippen molar-refractivity contribution in [3.8, 4) is 5.75 Å². The Morgan fingerprint density at radius 3 is 2.26 bits per heavy atom. The van der Waals surface area contributed by atoms with Crippen LogP contribution in [0.25, 0.3) is 0 Å². The van der Waals surface area contributed by atoms with Crippen molar-refractivity contribution in [3.05, 3.63) is 23.3 Å². The van der Waals surface area contributed by atoms with Gasteiger partial charge in [-0.2, -0.15) is 0 Å². The molecule has 1 atom stereocenters. The minimum atomic E-state index is -0.802. The Balaban J connectivity index is 2.92. The molecule has 0 spiro atoms. The molecule has 0 saturated carbocycles. The van der Waals surface area contributed by atoms with Crippen LogP contribution in [0.5, 0.6) is 5.75 Å². The molecule has 130 valence electrons. The summed E-state index contributed by atoms with van der Waals surface area (Å²) in [6, 6.07) is 3.89. The highest BCUT2D eigenvalue weighted by Gasteiger charge is 2.32. The van der Waals surface area contributed by atoms with Crippen molar-refractivity contribution in [1.82, 2.24) is 0 Å². The first-order valence-corrected chi connectivity index (χ1v) is 8.34. The highest BCUT2D eigenvalue weighted by atomic mass is 16.5. The third-order valence-corrected chi connectivity index (χ3v) is 3.94. The molecule has 0 aliphatic rings. The first kappa shape index (κ1) is 19.5. The zero-order valence-electron chi connectivity index (χ0n) is 15.6. The van der Waals surface area contributed by atoms with Crippen molar-refractivity contribution in [3.63, 3.8) is 0 Å². The molecule has 0 heterocycles. The Kier molecular flexibility index (Phi) is 7.07. The lowest BCUT2D eigenvalue weighted by atomic mass is 9.99. The van der Waals surface area contributed by atoms with E-state index in [0.717, 1.165) is 29.0 Å². The predicted octanol–water partition coefficient (Wildman–Crippen LogP) is 4.48. The molecule has 0 radical (unpaired) electrons. The first-order valence-electron chi connectivity index (χ1n) is 8.34. The second kappa shape index (κ2) is 8.34. The molecule has 1 aromatic carbocycles. The van der Waals surface area contributed by atoms with Crippen molar-refractivity contribution in [2.45, 2.75) is 60.0 Å². The molecule has 0 saturated heterocycles. The Bertz CT molecular complexity index is 516. The van der Waals surface area contributed by atoms with E-state index < -0.39 is 5.60 Å². The second-order valence-electron chi connectivity index (χ2n) is 6.78. The molecular weight excluding hydrogens is 290 g/mol. The molecule has 0 aliphatic heterocycles. The van der Waals surface area contributed by atoms with E-state index in [0.29, 0.717) is 18.9 Å². The molecule has 0 fully saturated rings. The van der Waals surface area contributed by atoms with Crippen LogP contribution in [0.3, 0.4) is 0 Å². The average Bonchev–Trinajstić information content (AvgIpc) is 2.46. The number of aryl methyl sites for hydroxylation is 2. The van der Waals surface area contributed by atoms with Gasteiger partial charge in [-0.25, -0.2) is 0 Å². The standard InChI is InChI=1S/C19H31NO3/c1-8-9-19(6,22-7)18(21)20-16-10-14(4)17(15(5)11-16)23-12-13(2)3/h10-11,13H,8-9,12H2,1-7H3,(H,20,21)/t19-/m1/s1. The molecule has 1 N–H and O–H groups in total. The zero-order chi connectivity index (χ0) is 17.6. The van der Waals surface area contributed by atoms with Gasteiger partial charge < -0.3 is 14.8 Å². The summed E-state index contributed by atoms with van der Waals surface area (Å²) in [6.07, 6.45) is 1.57. The highest BCUT2D eigenvalue weighted by Crippen LogP contribution is 2.28. The topological polar surface area (TPSA) is 47.6 Å². The molecule has 1 amide bonds. The number of anilines is 1. The summed E-state index contributed by atoms with van der Waals surface area (Å²) in [5, 5.41) is 2.97. The number of benzene rings is 1. The Morgan fingerprint density at radius 1 is 1.26 bits per heavy atom. The van der Waals surface area contributed by atoms with E-state index in [-0.39, 0.29) is 5.91 Å². The van der Waals surface area contributed by atoms with Gasteiger partial charge in [0.2, 0.25) is 0 Å². The van der Waals surface area contributed by atoms with Crippen molar-refractivity contribution >= 4 is 11.6 Å². The molecule has 1 aromatic rings. The van der Waals surface area contributed by atoms with Gasteiger partial charge in [-0.1, -0.05) is 27.2 Å². The Morgan fingerprint density at radius 2 is 1.83 bits per heavy atom. The van der Waals surface area contributed by atoms with E-state index in [1.165, 1.54) is 0 Å². The molecular formula is C19H31NO3. The van der Waals surface area contributed by atoms with Crippen molar-refractivity contribution in [2.24, 2.45) is 5.92 Å². The minimum Gasteiger partial charge on any atom is -0.493 e. The summed E-state index contributed by atoms with van der Waals surface area (Å²) < 4.78 is 11.3. The van der Waals surface area contributed by atoms with Gasteiger partial charge in [0.15, 0.2) is 0 Å². The molecule has 23 heavy (non-hydrogen) atoms. The summed E-state index contributed by atoms with van der Waals surface area (Å²) in [7, 11) is 1.58. The number of carbonyl (C=O) groups is 1. The van der Waals surface area contributed by atoms with Crippen molar-refractivity contribution in [1.29, 1.82) is 0 Å². The molecule has 0 aromatic heterocycles. The van der Waals surface area contributed by atoms with E-state index in [9.17, 15) is 4.79 Å². The van der Waals surface area contributed by atoms with E-state index in [1.807, 2.05) is 39.8 Å². The fraction of sp³-hybridized carbons (Fsp3) is 0.632. The maximum Gasteiger partial charge on any atom is 0.256 e. The van der Waals surface area contributed by atoms with Crippen LogP contribution >= 0.6 is 0 Å². The van der Waals surface area contributed by atoms with Crippen LogP contribution < -0.4 is 10.1 Å². The average molecular weight is 321 g/mol. The van der Waals surface area contributed by atoms with Crippen LogP contribution in [0, 0.1) is 19.8 Å². The third kappa shape index (κ3) is 5.24. The molecule has 0 bridgehead atoms.